The molecule has 0 spiro atoms. The Labute approximate surface area is 96.4 Å². The van der Waals surface area contributed by atoms with Crippen LogP contribution in [0.25, 0.3) is 0 Å². The molecular weight excluding hydrogens is 202 g/mol. The van der Waals surface area contributed by atoms with Crippen molar-refractivity contribution in [3.63, 3.8) is 0 Å². The fourth-order valence-electron chi connectivity index (χ4n) is 1.79. The maximum absolute atomic E-state index is 5.61. The predicted molar refractivity (Wildman–Crippen MR) is 63.3 cm³/mol. The zero-order chi connectivity index (χ0) is 11.4. The highest BCUT2D eigenvalue weighted by atomic mass is 16.5. The van der Waals surface area contributed by atoms with Crippen molar-refractivity contribution in [1.82, 2.24) is 9.97 Å². The maximum Gasteiger partial charge on any atom is 0.129 e. The quantitative estimate of drug-likeness (QED) is 0.848. The van der Waals surface area contributed by atoms with Gasteiger partial charge in [-0.15, -0.1) is 0 Å². The summed E-state index contributed by atoms with van der Waals surface area (Å²) in [6.45, 7) is 5.15. The zero-order valence-electron chi connectivity index (χ0n) is 9.94. The zero-order valence-corrected chi connectivity index (χ0v) is 9.94. The summed E-state index contributed by atoms with van der Waals surface area (Å²) in [6.07, 6.45) is 5.06. The largest absolute Gasteiger partial charge is 0.372 e. The Morgan fingerprint density at radius 1 is 1.56 bits per heavy atom. The van der Waals surface area contributed by atoms with Gasteiger partial charge in [0.2, 0.25) is 0 Å². The number of hydrogen-bond acceptors (Lipinski definition) is 4. The van der Waals surface area contributed by atoms with Crippen molar-refractivity contribution in [1.29, 1.82) is 0 Å². The van der Waals surface area contributed by atoms with Gasteiger partial charge in [0.1, 0.15) is 12.1 Å². The molecule has 1 aromatic heterocycles. The van der Waals surface area contributed by atoms with Crippen molar-refractivity contribution in [2.24, 2.45) is 0 Å². The number of anilines is 1. The first kappa shape index (κ1) is 11.3. The van der Waals surface area contributed by atoms with E-state index < -0.39 is 0 Å². The Morgan fingerprint density at radius 3 is 3.12 bits per heavy atom. The van der Waals surface area contributed by atoms with Crippen LogP contribution in [-0.4, -0.2) is 22.6 Å². The summed E-state index contributed by atoms with van der Waals surface area (Å²) >= 11 is 0. The van der Waals surface area contributed by atoms with Gasteiger partial charge < -0.3 is 10.1 Å². The van der Waals surface area contributed by atoms with Crippen molar-refractivity contribution in [3.8, 4) is 0 Å². The summed E-state index contributed by atoms with van der Waals surface area (Å²) in [4.78, 5) is 8.50. The molecule has 1 fully saturated rings. The van der Waals surface area contributed by atoms with E-state index in [-0.39, 0.29) is 6.10 Å². The predicted octanol–water partition coefficient (Wildman–Crippen LogP) is 2.54. The molecule has 1 aliphatic heterocycles. The lowest BCUT2D eigenvalue weighted by molar-refractivity contribution is 0.108. The molecule has 2 rings (SSSR count). The summed E-state index contributed by atoms with van der Waals surface area (Å²) in [5, 5.41) is 3.35. The van der Waals surface area contributed by atoms with Gasteiger partial charge in [0, 0.05) is 18.7 Å². The Morgan fingerprint density at radius 2 is 2.44 bits per heavy atom. The first-order valence-corrected chi connectivity index (χ1v) is 5.99. The van der Waals surface area contributed by atoms with Crippen LogP contribution in [0.4, 0.5) is 5.82 Å². The molecule has 0 bridgehead atoms. The molecule has 2 atom stereocenters. The first-order valence-electron chi connectivity index (χ1n) is 5.99. The highest BCUT2D eigenvalue weighted by Gasteiger charge is 2.19. The first-order chi connectivity index (χ1) is 7.79. The second kappa shape index (κ2) is 5.25. The van der Waals surface area contributed by atoms with E-state index in [0.29, 0.717) is 6.04 Å². The summed E-state index contributed by atoms with van der Waals surface area (Å²) in [5.41, 5.74) is 0.998. The van der Waals surface area contributed by atoms with Gasteiger partial charge in [0.15, 0.2) is 0 Å². The van der Waals surface area contributed by atoms with E-state index >= 15 is 0 Å². The van der Waals surface area contributed by atoms with Gasteiger partial charge in [0.25, 0.3) is 0 Å². The molecule has 0 aliphatic carbocycles. The monoisotopic (exact) mass is 221 g/mol. The fourth-order valence-corrected chi connectivity index (χ4v) is 1.79. The van der Waals surface area contributed by atoms with Crippen LogP contribution >= 0.6 is 0 Å². The third-order valence-corrected chi connectivity index (χ3v) is 2.95. The fraction of sp³-hybridized carbons (Fsp3) is 0.667. The maximum atomic E-state index is 5.61. The van der Waals surface area contributed by atoms with Crippen molar-refractivity contribution in [3.05, 3.63) is 18.1 Å². The minimum atomic E-state index is 0.167. The Bertz CT molecular complexity index is 337. The average Bonchev–Trinajstić information content (AvgIpc) is 2.83. The topological polar surface area (TPSA) is 47.0 Å². The lowest BCUT2D eigenvalue weighted by Crippen LogP contribution is -2.15. The minimum absolute atomic E-state index is 0.167. The van der Waals surface area contributed by atoms with Crippen molar-refractivity contribution < 1.29 is 4.74 Å². The lowest BCUT2D eigenvalue weighted by Gasteiger charge is -2.14. The van der Waals surface area contributed by atoms with E-state index in [1.807, 2.05) is 6.07 Å². The lowest BCUT2D eigenvalue weighted by atomic mass is 10.2. The summed E-state index contributed by atoms with van der Waals surface area (Å²) in [5.74, 6) is 0.898. The van der Waals surface area contributed by atoms with E-state index in [2.05, 4.69) is 29.1 Å². The molecule has 1 aliphatic rings. The van der Waals surface area contributed by atoms with E-state index in [4.69, 9.17) is 4.74 Å². The number of nitrogens with one attached hydrogen (secondary N) is 1. The third kappa shape index (κ3) is 2.70. The number of ether oxygens (including phenoxy) is 1. The standard InChI is InChI=1S/C12H19N3O/c1-3-9(2)15-12-7-10(13-8-14-12)11-5-4-6-16-11/h7-9,11H,3-6H2,1-2H3,(H,13,14,15). The van der Waals surface area contributed by atoms with E-state index in [0.717, 1.165) is 37.4 Å². The highest BCUT2D eigenvalue weighted by Crippen LogP contribution is 2.27. The Balaban J connectivity index is 2.06. The molecule has 88 valence electrons. The molecule has 0 amide bonds. The second-order valence-electron chi connectivity index (χ2n) is 4.28. The Hall–Kier alpha value is -1.16. The van der Waals surface area contributed by atoms with Crippen molar-refractivity contribution in [2.45, 2.75) is 45.3 Å². The van der Waals surface area contributed by atoms with Crippen LogP contribution < -0.4 is 5.32 Å². The van der Waals surface area contributed by atoms with E-state index in [9.17, 15) is 0 Å². The molecular formula is C12H19N3O. The molecule has 4 heteroatoms. The van der Waals surface area contributed by atoms with Crippen LogP contribution in [0.5, 0.6) is 0 Å². The average molecular weight is 221 g/mol. The summed E-state index contributed by atoms with van der Waals surface area (Å²) < 4.78 is 5.61. The van der Waals surface area contributed by atoms with Crippen LogP contribution in [0.3, 0.4) is 0 Å². The summed E-state index contributed by atoms with van der Waals surface area (Å²) in [6, 6.07) is 2.44. The van der Waals surface area contributed by atoms with Gasteiger partial charge in [0.05, 0.1) is 11.8 Å². The summed E-state index contributed by atoms with van der Waals surface area (Å²) in [7, 11) is 0. The normalized spacial score (nSPS) is 22.0. The van der Waals surface area contributed by atoms with Gasteiger partial charge in [-0.1, -0.05) is 6.92 Å². The molecule has 0 saturated carbocycles. The molecule has 1 aromatic rings. The number of nitrogens with zero attached hydrogens (tertiary/aromatic N) is 2. The highest BCUT2D eigenvalue weighted by molar-refractivity contribution is 5.36. The van der Waals surface area contributed by atoms with Crippen LogP contribution in [0.1, 0.15) is 44.9 Å². The second-order valence-corrected chi connectivity index (χ2v) is 4.28. The van der Waals surface area contributed by atoms with Gasteiger partial charge in [-0.2, -0.15) is 0 Å². The molecule has 1 saturated heterocycles. The van der Waals surface area contributed by atoms with E-state index in [1.165, 1.54) is 0 Å². The van der Waals surface area contributed by atoms with Crippen LogP contribution in [0, 0.1) is 0 Å². The number of aromatic nitrogens is 2. The smallest absolute Gasteiger partial charge is 0.129 e. The van der Waals surface area contributed by atoms with Crippen LogP contribution in [0.15, 0.2) is 12.4 Å². The van der Waals surface area contributed by atoms with Crippen LogP contribution in [0.2, 0.25) is 0 Å². The molecule has 0 radical (unpaired) electrons. The molecule has 1 N–H and O–H groups in total. The Kier molecular flexibility index (Phi) is 3.72. The van der Waals surface area contributed by atoms with Gasteiger partial charge >= 0.3 is 0 Å². The molecule has 0 aromatic carbocycles. The van der Waals surface area contributed by atoms with Gasteiger partial charge in [-0.05, 0) is 26.2 Å². The van der Waals surface area contributed by atoms with Gasteiger partial charge in [-0.25, -0.2) is 9.97 Å². The van der Waals surface area contributed by atoms with Crippen molar-refractivity contribution >= 4 is 5.82 Å². The number of hydrogen-bond donors (Lipinski definition) is 1. The van der Waals surface area contributed by atoms with Crippen molar-refractivity contribution in [2.75, 3.05) is 11.9 Å². The molecule has 16 heavy (non-hydrogen) atoms. The van der Waals surface area contributed by atoms with Gasteiger partial charge in [-0.3, -0.25) is 0 Å². The van der Waals surface area contributed by atoms with Crippen LogP contribution in [-0.2, 0) is 4.74 Å². The molecule has 2 unspecified atom stereocenters. The SMILES string of the molecule is CCC(C)Nc1cc(C2CCCO2)ncn1. The number of rotatable bonds is 4. The molecule has 4 nitrogen and oxygen atoms in total. The third-order valence-electron chi connectivity index (χ3n) is 2.95. The van der Waals surface area contributed by atoms with E-state index in [1.54, 1.807) is 6.33 Å². The molecule has 2 heterocycles. The minimum Gasteiger partial charge on any atom is -0.372 e.